The Balaban J connectivity index is 0.897. The highest BCUT2D eigenvalue weighted by Gasteiger charge is 2.27. The maximum atomic E-state index is 2.50. The first-order valence-electron chi connectivity index (χ1n) is 19.3. The normalized spacial score (nSPS) is 16.2. The molecule has 0 bridgehead atoms. The molecule has 0 saturated carbocycles. The minimum atomic E-state index is 0.336. The zero-order chi connectivity index (χ0) is 35.8. The van der Waals surface area contributed by atoms with Crippen LogP contribution in [-0.4, -0.2) is 0 Å². The summed E-state index contributed by atoms with van der Waals surface area (Å²) >= 11 is 0. The first kappa shape index (κ1) is 31.1. The summed E-state index contributed by atoms with van der Waals surface area (Å²) in [6.07, 6.45) is 8.18. The molecule has 2 aliphatic carbocycles. The average Bonchev–Trinajstić information content (AvgIpc) is 3.53. The molecule has 9 aromatic rings. The third-order valence-electron chi connectivity index (χ3n) is 12.2. The Bertz CT molecular complexity index is 3040. The van der Waals surface area contributed by atoms with Crippen molar-refractivity contribution in [1.29, 1.82) is 0 Å². The van der Waals surface area contributed by atoms with Crippen molar-refractivity contribution in [3.05, 3.63) is 210 Å². The van der Waals surface area contributed by atoms with Gasteiger partial charge in [0.1, 0.15) is 0 Å². The van der Waals surface area contributed by atoms with Crippen LogP contribution in [0, 0.1) is 0 Å². The third-order valence-corrected chi connectivity index (χ3v) is 12.2. The summed E-state index contributed by atoms with van der Waals surface area (Å²) < 4.78 is 0. The highest BCUT2D eigenvalue weighted by Crippen LogP contribution is 2.48. The van der Waals surface area contributed by atoms with Crippen LogP contribution in [0.2, 0.25) is 0 Å². The molecule has 0 amide bonds. The average molecular weight is 687 g/mol. The molecule has 0 aliphatic heterocycles. The van der Waals surface area contributed by atoms with E-state index in [4.69, 9.17) is 0 Å². The van der Waals surface area contributed by atoms with E-state index in [1.807, 2.05) is 0 Å². The van der Waals surface area contributed by atoms with E-state index >= 15 is 0 Å². The molecule has 2 atom stereocenters. The Labute approximate surface area is 316 Å². The van der Waals surface area contributed by atoms with Gasteiger partial charge in [0, 0.05) is 11.8 Å². The SMILES string of the molecule is CC1c2cc(-c3cccc(-c4ccc5ccc6ccccc6c5c4)c3)ccc2-c2ccc(C3C=C(c4ccc5ccc6ccccc6c5c4)C=CC3)cc21. The highest BCUT2D eigenvalue weighted by molar-refractivity contribution is 6.09. The monoisotopic (exact) mass is 686 g/mol. The van der Waals surface area contributed by atoms with Crippen LogP contribution in [0.3, 0.4) is 0 Å². The second kappa shape index (κ2) is 12.3. The molecule has 0 nitrogen and oxygen atoms in total. The fraction of sp³-hybridized carbons (Fsp3) is 0.0741. The van der Waals surface area contributed by atoms with E-state index < -0.39 is 0 Å². The molecule has 11 rings (SSSR count). The summed E-state index contributed by atoms with van der Waals surface area (Å²) in [5, 5.41) is 10.4. The molecule has 54 heavy (non-hydrogen) atoms. The van der Waals surface area contributed by atoms with Gasteiger partial charge in [0.05, 0.1) is 0 Å². The molecule has 0 radical (unpaired) electrons. The number of allylic oxidation sites excluding steroid dienone is 4. The summed E-state index contributed by atoms with van der Waals surface area (Å²) in [6.45, 7) is 2.38. The van der Waals surface area contributed by atoms with Crippen molar-refractivity contribution in [2.75, 3.05) is 0 Å². The summed E-state index contributed by atoms with van der Waals surface area (Å²) in [5.41, 5.74) is 14.6. The number of fused-ring (bicyclic) bond motifs is 9. The maximum absolute atomic E-state index is 2.50. The minimum Gasteiger partial charge on any atom is -0.0830 e. The fourth-order valence-corrected chi connectivity index (χ4v) is 9.28. The van der Waals surface area contributed by atoms with E-state index in [-0.39, 0.29) is 0 Å². The quantitative estimate of drug-likeness (QED) is 0.162. The van der Waals surface area contributed by atoms with Crippen LogP contribution in [-0.2, 0) is 0 Å². The van der Waals surface area contributed by atoms with Gasteiger partial charge in [-0.15, -0.1) is 0 Å². The van der Waals surface area contributed by atoms with E-state index in [9.17, 15) is 0 Å². The van der Waals surface area contributed by atoms with Gasteiger partial charge >= 0.3 is 0 Å². The molecular formula is C54H38. The van der Waals surface area contributed by atoms with Crippen LogP contribution < -0.4 is 0 Å². The van der Waals surface area contributed by atoms with E-state index in [2.05, 4.69) is 195 Å². The van der Waals surface area contributed by atoms with E-state index in [1.54, 1.807) is 0 Å². The van der Waals surface area contributed by atoms with Gasteiger partial charge in [0.2, 0.25) is 0 Å². The lowest BCUT2D eigenvalue weighted by Crippen LogP contribution is -2.01. The maximum Gasteiger partial charge on any atom is 0.00736 e. The number of rotatable bonds is 4. The van der Waals surface area contributed by atoms with Crippen LogP contribution in [0.4, 0.5) is 0 Å². The van der Waals surface area contributed by atoms with Gasteiger partial charge in [-0.2, -0.15) is 0 Å². The first-order valence-corrected chi connectivity index (χ1v) is 19.3. The lowest BCUT2D eigenvalue weighted by molar-refractivity contribution is 0.849. The number of benzene rings is 9. The predicted octanol–water partition coefficient (Wildman–Crippen LogP) is 14.9. The molecule has 0 aromatic heterocycles. The zero-order valence-electron chi connectivity index (χ0n) is 30.3. The third kappa shape index (κ3) is 5.06. The van der Waals surface area contributed by atoms with Gasteiger partial charge in [-0.1, -0.05) is 171 Å². The topological polar surface area (TPSA) is 0 Å². The smallest absolute Gasteiger partial charge is 0.00736 e. The molecule has 2 unspecified atom stereocenters. The number of hydrogen-bond donors (Lipinski definition) is 0. The molecule has 0 heteroatoms. The van der Waals surface area contributed by atoms with Crippen molar-refractivity contribution in [2.24, 2.45) is 0 Å². The van der Waals surface area contributed by atoms with Crippen LogP contribution >= 0.6 is 0 Å². The van der Waals surface area contributed by atoms with Crippen molar-refractivity contribution < 1.29 is 0 Å². The molecule has 0 spiro atoms. The Morgan fingerprint density at radius 2 is 0.926 bits per heavy atom. The van der Waals surface area contributed by atoms with Gasteiger partial charge in [-0.25, -0.2) is 0 Å². The molecule has 254 valence electrons. The molecule has 0 saturated heterocycles. The van der Waals surface area contributed by atoms with Crippen molar-refractivity contribution in [1.82, 2.24) is 0 Å². The highest BCUT2D eigenvalue weighted by atomic mass is 14.3. The minimum absolute atomic E-state index is 0.336. The van der Waals surface area contributed by atoms with Crippen LogP contribution in [0.15, 0.2) is 188 Å². The van der Waals surface area contributed by atoms with Crippen molar-refractivity contribution in [3.8, 4) is 33.4 Å². The molecule has 9 aromatic carbocycles. The second-order valence-corrected chi connectivity index (χ2v) is 15.3. The Morgan fingerprint density at radius 3 is 1.63 bits per heavy atom. The van der Waals surface area contributed by atoms with Crippen LogP contribution in [0.25, 0.3) is 82.0 Å². The second-order valence-electron chi connectivity index (χ2n) is 15.3. The predicted molar refractivity (Wildman–Crippen MR) is 231 cm³/mol. The lowest BCUT2D eigenvalue weighted by Gasteiger charge is -2.19. The van der Waals surface area contributed by atoms with Crippen molar-refractivity contribution >= 4 is 48.7 Å². The summed E-state index contributed by atoms with van der Waals surface area (Å²) in [6, 6.07) is 63.6. The molecule has 2 aliphatic rings. The fourth-order valence-electron chi connectivity index (χ4n) is 9.28. The lowest BCUT2D eigenvalue weighted by atomic mass is 9.85. The Hall–Kier alpha value is -6.50. The summed E-state index contributed by atoms with van der Waals surface area (Å²) in [5.74, 6) is 0.684. The zero-order valence-corrected chi connectivity index (χ0v) is 30.3. The first-order chi connectivity index (χ1) is 26.6. The van der Waals surface area contributed by atoms with Gasteiger partial charge < -0.3 is 0 Å². The van der Waals surface area contributed by atoms with E-state index in [0.717, 1.165) is 6.42 Å². The Morgan fingerprint density at radius 1 is 0.407 bits per heavy atom. The van der Waals surface area contributed by atoms with E-state index in [0.29, 0.717) is 11.8 Å². The van der Waals surface area contributed by atoms with Crippen LogP contribution in [0.5, 0.6) is 0 Å². The molecule has 0 fully saturated rings. The van der Waals surface area contributed by atoms with Gasteiger partial charge in [-0.3, -0.25) is 0 Å². The van der Waals surface area contributed by atoms with Crippen molar-refractivity contribution in [3.63, 3.8) is 0 Å². The largest absolute Gasteiger partial charge is 0.0830 e. The van der Waals surface area contributed by atoms with E-state index in [1.165, 1.54) is 104 Å². The van der Waals surface area contributed by atoms with Crippen LogP contribution in [0.1, 0.15) is 47.4 Å². The van der Waals surface area contributed by atoms with Crippen molar-refractivity contribution in [2.45, 2.75) is 25.2 Å². The molecule has 0 N–H and O–H groups in total. The van der Waals surface area contributed by atoms with Gasteiger partial charge in [-0.05, 0) is 135 Å². The standard InChI is InChI=1S/C54H38/c1-34-51-30-45(41-12-6-10-39(28-41)43-22-20-37-18-16-35-8-2-4-14-47(35)53(37)32-43)24-26-49(51)50-27-25-46(31-52(34)50)42-13-7-11-40(29-42)44-23-21-38-19-17-36-9-3-5-15-48(36)54(38)33-44/h2-12,14-34,42H,13H2,1H3. The summed E-state index contributed by atoms with van der Waals surface area (Å²) in [7, 11) is 0. The molecule has 0 heterocycles. The summed E-state index contributed by atoms with van der Waals surface area (Å²) in [4.78, 5) is 0. The van der Waals surface area contributed by atoms with Gasteiger partial charge in [0.25, 0.3) is 0 Å². The molecular weight excluding hydrogens is 649 g/mol. The Kier molecular flexibility index (Phi) is 7.07. The van der Waals surface area contributed by atoms with Gasteiger partial charge in [0.15, 0.2) is 0 Å². The number of hydrogen-bond acceptors (Lipinski definition) is 0.